The molecule has 0 heterocycles. The van der Waals surface area contributed by atoms with Gasteiger partial charge in [0.2, 0.25) is 0 Å². The third kappa shape index (κ3) is 2.49. The van der Waals surface area contributed by atoms with Crippen LogP contribution in [0.15, 0.2) is 18.2 Å². The monoisotopic (exact) mass is 214 g/mol. The van der Waals surface area contributed by atoms with Crippen molar-refractivity contribution >= 4 is 28.5 Å². The second-order valence-corrected chi connectivity index (χ2v) is 4.38. The van der Waals surface area contributed by atoms with Crippen LogP contribution in [0.2, 0.25) is 0 Å². The molecule has 0 aromatic heterocycles. The second-order valence-electron chi connectivity index (χ2n) is 2.68. The molecule has 0 radical (unpaired) electrons. The Morgan fingerprint density at radius 1 is 1.54 bits per heavy atom. The van der Waals surface area contributed by atoms with Crippen LogP contribution in [-0.4, -0.2) is 13.1 Å². The fourth-order valence-corrected chi connectivity index (χ4v) is 2.43. The summed E-state index contributed by atoms with van der Waals surface area (Å²) >= 11 is 0. The van der Waals surface area contributed by atoms with Crippen LogP contribution in [0.5, 0.6) is 0 Å². The Balaban J connectivity index is 3.13. The lowest BCUT2D eigenvalue weighted by molar-refractivity contribution is 0.0602. The predicted octanol–water partition coefficient (Wildman–Crippen LogP) is 1.88. The van der Waals surface area contributed by atoms with E-state index in [0.717, 1.165) is 10.9 Å². The molecule has 0 aliphatic rings. The minimum absolute atomic E-state index is 0.259. The maximum atomic E-state index is 11.3. The number of benzene rings is 1. The summed E-state index contributed by atoms with van der Waals surface area (Å²) in [7, 11) is 4.57. The first kappa shape index (κ1) is 10.6. The lowest BCUT2D eigenvalue weighted by Gasteiger charge is -2.06. The summed E-state index contributed by atoms with van der Waals surface area (Å²) in [5.74, 6) is -0.259. The molecule has 2 unspecified atom stereocenters. The first-order chi connectivity index (χ1) is 6.19. The van der Waals surface area contributed by atoms with Gasteiger partial charge in [0.1, 0.15) is 0 Å². The van der Waals surface area contributed by atoms with Gasteiger partial charge in [-0.15, -0.1) is 8.93 Å². The summed E-state index contributed by atoms with van der Waals surface area (Å²) in [6, 6.07) is 5.74. The van der Waals surface area contributed by atoms with Crippen molar-refractivity contribution in [1.82, 2.24) is 0 Å². The lowest BCUT2D eigenvalue weighted by atomic mass is 10.1. The van der Waals surface area contributed by atoms with E-state index >= 15 is 0 Å². The molecule has 0 saturated carbocycles. The quantitative estimate of drug-likeness (QED) is 0.555. The van der Waals surface area contributed by atoms with E-state index in [1.54, 1.807) is 0 Å². The van der Waals surface area contributed by atoms with Gasteiger partial charge >= 0.3 is 5.97 Å². The molecular formula is C9H12O2P2. The number of carbonyl (C=O) groups excluding carboxylic acids is 1. The Kier molecular flexibility index (Phi) is 3.84. The molecule has 70 valence electrons. The van der Waals surface area contributed by atoms with Crippen molar-refractivity contribution in [3.63, 3.8) is 0 Å². The van der Waals surface area contributed by atoms with Gasteiger partial charge in [0, 0.05) is 0 Å². The minimum atomic E-state index is -0.259. The SMILES string of the molecule is COC(=O)c1ccc(C)cc1PP. The third-order valence-corrected chi connectivity index (χ3v) is 3.39. The zero-order valence-corrected chi connectivity index (χ0v) is 9.78. The first-order valence-corrected chi connectivity index (χ1v) is 6.65. The normalized spacial score (nSPS) is 10.7. The standard InChI is InChI=1S/C9H12O2P2/c1-6-3-4-7(9(10)11-2)8(5-6)13-12/h3-5,13H,12H2,1-2H3. The van der Waals surface area contributed by atoms with Crippen LogP contribution in [0.3, 0.4) is 0 Å². The van der Waals surface area contributed by atoms with Crippen molar-refractivity contribution in [2.45, 2.75) is 6.92 Å². The van der Waals surface area contributed by atoms with E-state index in [4.69, 9.17) is 0 Å². The number of carbonyl (C=O) groups is 1. The summed E-state index contributed by atoms with van der Waals surface area (Å²) < 4.78 is 4.67. The molecule has 0 aliphatic heterocycles. The Hall–Kier alpha value is -0.450. The van der Waals surface area contributed by atoms with Gasteiger partial charge in [0.05, 0.1) is 12.7 Å². The Labute approximate surface area is 81.9 Å². The summed E-state index contributed by atoms with van der Waals surface area (Å²) in [6.07, 6.45) is 0. The van der Waals surface area contributed by atoms with Gasteiger partial charge in [-0.1, -0.05) is 26.0 Å². The molecule has 1 aromatic carbocycles. The molecule has 0 spiro atoms. The molecule has 13 heavy (non-hydrogen) atoms. The number of ether oxygens (including phenoxy) is 1. The van der Waals surface area contributed by atoms with Gasteiger partial charge < -0.3 is 4.74 Å². The zero-order chi connectivity index (χ0) is 9.84. The first-order valence-electron chi connectivity index (χ1n) is 3.84. The fraction of sp³-hybridized carbons (Fsp3) is 0.222. The molecule has 4 heteroatoms. The van der Waals surface area contributed by atoms with E-state index in [2.05, 4.69) is 13.7 Å². The van der Waals surface area contributed by atoms with E-state index < -0.39 is 0 Å². The average Bonchev–Trinajstić information content (AvgIpc) is 2.16. The second kappa shape index (κ2) is 4.69. The predicted molar refractivity (Wildman–Crippen MR) is 60.2 cm³/mol. The molecule has 0 saturated heterocycles. The number of hydrogen-bond acceptors (Lipinski definition) is 2. The minimum Gasteiger partial charge on any atom is -0.465 e. The van der Waals surface area contributed by atoms with Crippen molar-refractivity contribution in [2.24, 2.45) is 0 Å². The molecule has 0 N–H and O–H groups in total. The fourth-order valence-electron chi connectivity index (χ4n) is 1.07. The number of hydrogen-bond donors (Lipinski definition) is 0. The Bertz CT molecular complexity index is 323. The Morgan fingerprint density at radius 2 is 2.23 bits per heavy atom. The largest absolute Gasteiger partial charge is 0.465 e. The molecule has 0 amide bonds. The van der Waals surface area contributed by atoms with Gasteiger partial charge in [-0.25, -0.2) is 4.79 Å². The van der Waals surface area contributed by atoms with Gasteiger partial charge in [0.15, 0.2) is 0 Å². The van der Waals surface area contributed by atoms with Crippen LogP contribution < -0.4 is 5.30 Å². The molecule has 0 aliphatic carbocycles. The van der Waals surface area contributed by atoms with Crippen LogP contribution in [0.25, 0.3) is 0 Å². The highest BCUT2D eigenvalue weighted by Crippen LogP contribution is 2.22. The van der Waals surface area contributed by atoms with Crippen LogP contribution in [-0.2, 0) is 4.74 Å². The van der Waals surface area contributed by atoms with Gasteiger partial charge in [0.25, 0.3) is 0 Å². The molecule has 2 nitrogen and oxygen atoms in total. The maximum Gasteiger partial charge on any atom is 0.338 e. The topological polar surface area (TPSA) is 26.3 Å². The van der Waals surface area contributed by atoms with Crippen molar-refractivity contribution in [3.05, 3.63) is 29.3 Å². The number of rotatable bonds is 2. The van der Waals surface area contributed by atoms with E-state index in [-0.39, 0.29) is 5.97 Å². The van der Waals surface area contributed by atoms with Crippen LogP contribution in [0, 0.1) is 6.92 Å². The third-order valence-electron chi connectivity index (χ3n) is 1.74. The molecule has 1 aromatic rings. The van der Waals surface area contributed by atoms with E-state index in [1.807, 2.05) is 25.1 Å². The number of aryl methyl sites for hydroxylation is 1. The summed E-state index contributed by atoms with van der Waals surface area (Å²) in [6.45, 7) is 2.01. The van der Waals surface area contributed by atoms with E-state index in [9.17, 15) is 4.79 Å². The summed E-state index contributed by atoms with van der Waals surface area (Å²) in [5, 5.41) is 1.04. The molecular weight excluding hydrogens is 202 g/mol. The average molecular weight is 214 g/mol. The highest BCUT2D eigenvalue weighted by molar-refractivity contribution is 8.06. The highest BCUT2D eigenvalue weighted by atomic mass is 32.0. The van der Waals surface area contributed by atoms with Crippen LogP contribution >= 0.6 is 17.2 Å². The van der Waals surface area contributed by atoms with E-state index in [1.165, 1.54) is 7.11 Å². The van der Waals surface area contributed by atoms with Crippen LogP contribution in [0.4, 0.5) is 0 Å². The lowest BCUT2D eigenvalue weighted by Crippen LogP contribution is -2.12. The smallest absolute Gasteiger partial charge is 0.338 e. The molecule has 0 fully saturated rings. The van der Waals surface area contributed by atoms with Crippen molar-refractivity contribution in [1.29, 1.82) is 0 Å². The van der Waals surface area contributed by atoms with Crippen molar-refractivity contribution in [2.75, 3.05) is 7.11 Å². The van der Waals surface area contributed by atoms with Gasteiger partial charge in [-0.3, -0.25) is 0 Å². The summed E-state index contributed by atoms with van der Waals surface area (Å²) in [4.78, 5) is 11.3. The molecule has 1 rings (SSSR count). The molecule has 0 bridgehead atoms. The highest BCUT2D eigenvalue weighted by Gasteiger charge is 2.09. The number of methoxy groups -OCH3 is 1. The van der Waals surface area contributed by atoms with Crippen LogP contribution in [0.1, 0.15) is 15.9 Å². The number of esters is 1. The zero-order valence-electron chi connectivity index (χ0n) is 7.63. The summed E-state index contributed by atoms with van der Waals surface area (Å²) in [5.41, 5.74) is 1.83. The van der Waals surface area contributed by atoms with E-state index in [0.29, 0.717) is 13.8 Å². The van der Waals surface area contributed by atoms with Crippen molar-refractivity contribution < 1.29 is 9.53 Å². The van der Waals surface area contributed by atoms with Gasteiger partial charge in [-0.2, -0.15) is 0 Å². The maximum absolute atomic E-state index is 11.3. The van der Waals surface area contributed by atoms with Gasteiger partial charge in [-0.05, 0) is 18.3 Å². The van der Waals surface area contributed by atoms with Crippen molar-refractivity contribution in [3.8, 4) is 0 Å². The Morgan fingerprint density at radius 3 is 2.77 bits per heavy atom. The molecule has 2 atom stereocenters.